The van der Waals surface area contributed by atoms with E-state index >= 15 is 0 Å². The van der Waals surface area contributed by atoms with Gasteiger partial charge in [0.2, 0.25) is 0 Å². The second kappa shape index (κ2) is 5.77. The first-order valence-corrected chi connectivity index (χ1v) is 4.95. The van der Waals surface area contributed by atoms with Crippen LogP contribution in [0.1, 0.15) is 22.7 Å². The van der Waals surface area contributed by atoms with Crippen molar-refractivity contribution in [1.29, 1.82) is 0 Å². The zero-order valence-electron chi connectivity index (χ0n) is 9.82. The van der Waals surface area contributed by atoms with E-state index in [1.54, 1.807) is 0 Å². The monoisotopic (exact) mass is 285 g/mol. The molecule has 0 amide bonds. The highest BCUT2D eigenvalue weighted by Gasteiger charge is 2.43. The number of alkyl halides is 3. The van der Waals surface area contributed by atoms with Crippen molar-refractivity contribution in [3.63, 3.8) is 0 Å². The zero-order valence-corrected chi connectivity index (χ0v) is 10.6. The first-order chi connectivity index (χ1) is 7.64. The van der Waals surface area contributed by atoms with Crippen LogP contribution < -0.4 is 5.73 Å². The molecule has 0 fully saturated rings. The van der Waals surface area contributed by atoms with Crippen molar-refractivity contribution in [2.24, 2.45) is 5.73 Å². The van der Waals surface area contributed by atoms with Gasteiger partial charge in [0.1, 0.15) is 5.75 Å². The summed E-state index contributed by atoms with van der Waals surface area (Å²) in [5.41, 5.74) is 6.46. The fourth-order valence-electron chi connectivity index (χ4n) is 1.84. The Morgan fingerprint density at radius 1 is 1.17 bits per heavy atom. The molecule has 0 aliphatic rings. The highest BCUT2D eigenvalue weighted by Crippen LogP contribution is 2.33. The fourth-order valence-corrected chi connectivity index (χ4v) is 1.84. The average molecular weight is 286 g/mol. The summed E-state index contributed by atoms with van der Waals surface area (Å²) in [4.78, 5) is 0. The smallest absolute Gasteiger partial charge is 0.416 e. The Morgan fingerprint density at radius 2 is 1.56 bits per heavy atom. The molecule has 4 N–H and O–H groups in total. The maximum absolute atomic E-state index is 12.3. The Morgan fingerprint density at radius 3 is 1.89 bits per heavy atom. The lowest BCUT2D eigenvalue weighted by Crippen LogP contribution is -2.39. The summed E-state index contributed by atoms with van der Waals surface area (Å²) in [5.74, 6) is -0.0440. The van der Waals surface area contributed by atoms with Crippen LogP contribution in [0, 0.1) is 13.8 Å². The molecule has 18 heavy (non-hydrogen) atoms. The Kier molecular flexibility index (Phi) is 5.46. The van der Waals surface area contributed by atoms with Gasteiger partial charge in [-0.3, -0.25) is 0 Å². The van der Waals surface area contributed by atoms with E-state index in [1.807, 2.05) is 0 Å². The summed E-state index contributed by atoms with van der Waals surface area (Å²) in [6.45, 7) is 3.07. The molecule has 0 saturated carbocycles. The highest BCUT2D eigenvalue weighted by atomic mass is 35.5. The summed E-state index contributed by atoms with van der Waals surface area (Å²) in [6.07, 6.45) is -7.39. The number of phenolic OH excluding ortho intramolecular Hbond substituents is 1. The minimum atomic E-state index is -4.77. The lowest BCUT2D eigenvalue weighted by atomic mass is 9.93. The molecule has 104 valence electrons. The topological polar surface area (TPSA) is 66.5 Å². The third-order valence-corrected chi connectivity index (χ3v) is 2.59. The van der Waals surface area contributed by atoms with E-state index in [2.05, 4.69) is 0 Å². The molecule has 0 radical (unpaired) electrons. The molecule has 1 aromatic carbocycles. The number of aliphatic hydroxyl groups is 1. The molecule has 1 rings (SSSR count). The standard InChI is InChI=1S/C11H14F3NO2.ClH/c1-5-3-7(16)4-6(2)8(5)9(15)10(17)11(12,13)14;/h3-4,9-10,16-17H,15H2,1-2H3;1H/t9-,10-;/m0./s1. The Balaban J connectivity index is 0.00000289. The lowest BCUT2D eigenvalue weighted by Gasteiger charge is -2.24. The number of aliphatic hydroxyl groups excluding tert-OH is 1. The van der Waals surface area contributed by atoms with Gasteiger partial charge in [-0.25, -0.2) is 0 Å². The van der Waals surface area contributed by atoms with Crippen molar-refractivity contribution in [1.82, 2.24) is 0 Å². The predicted octanol–water partition coefficient (Wildman–Crippen LogP) is 2.35. The summed E-state index contributed by atoms with van der Waals surface area (Å²) < 4.78 is 37.0. The maximum atomic E-state index is 12.3. The Bertz CT molecular complexity index is 400. The SMILES string of the molecule is Cc1cc(O)cc(C)c1[C@H](N)[C@H](O)C(F)(F)F.Cl. The van der Waals surface area contributed by atoms with Crippen LogP contribution in [0.15, 0.2) is 12.1 Å². The molecular formula is C11H15ClF3NO2. The largest absolute Gasteiger partial charge is 0.508 e. The normalized spacial score (nSPS) is 14.8. The van der Waals surface area contributed by atoms with Gasteiger partial charge in [-0.15, -0.1) is 12.4 Å². The molecular weight excluding hydrogens is 271 g/mol. The molecule has 0 saturated heterocycles. The van der Waals surface area contributed by atoms with E-state index in [0.717, 1.165) is 0 Å². The number of aryl methyl sites for hydroxylation is 2. The van der Waals surface area contributed by atoms with Gasteiger partial charge in [0.05, 0.1) is 6.04 Å². The summed E-state index contributed by atoms with van der Waals surface area (Å²) in [6, 6.07) is 1.06. The minimum absolute atomic E-state index is 0. The molecule has 0 bridgehead atoms. The quantitative estimate of drug-likeness (QED) is 0.781. The first kappa shape index (κ1) is 17.0. The van der Waals surface area contributed by atoms with Gasteiger partial charge in [-0.1, -0.05) is 0 Å². The maximum Gasteiger partial charge on any atom is 0.416 e. The van der Waals surface area contributed by atoms with Gasteiger partial charge in [-0.05, 0) is 42.7 Å². The number of benzene rings is 1. The number of hydrogen-bond donors (Lipinski definition) is 3. The van der Waals surface area contributed by atoms with Crippen molar-refractivity contribution in [3.8, 4) is 5.75 Å². The van der Waals surface area contributed by atoms with Crippen LogP contribution >= 0.6 is 12.4 Å². The summed E-state index contributed by atoms with van der Waals surface area (Å²) >= 11 is 0. The first-order valence-electron chi connectivity index (χ1n) is 4.95. The van der Waals surface area contributed by atoms with Crippen LogP contribution in [0.3, 0.4) is 0 Å². The number of aromatic hydroxyl groups is 1. The molecule has 3 nitrogen and oxygen atoms in total. The van der Waals surface area contributed by atoms with E-state index in [4.69, 9.17) is 10.8 Å². The average Bonchev–Trinajstić information content (AvgIpc) is 2.13. The molecule has 7 heteroatoms. The van der Waals surface area contributed by atoms with Crippen LogP contribution in [-0.4, -0.2) is 22.5 Å². The molecule has 0 heterocycles. The van der Waals surface area contributed by atoms with Gasteiger partial charge in [0.25, 0.3) is 0 Å². The van der Waals surface area contributed by atoms with E-state index in [9.17, 15) is 18.3 Å². The number of rotatable bonds is 2. The third kappa shape index (κ3) is 3.51. The van der Waals surface area contributed by atoms with E-state index in [-0.39, 0.29) is 23.7 Å². The second-order valence-electron chi connectivity index (χ2n) is 4.01. The van der Waals surface area contributed by atoms with Gasteiger partial charge >= 0.3 is 6.18 Å². The molecule has 1 aromatic rings. The van der Waals surface area contributed by atoms with Gasteiger partial charge in [0, 0.05) is 0 Å². The van der Waals surface area contributed by atoms with E-state index in [0.29, 0.717) is 11.1 Å². The minimum Gasteiger partial charge on any atom is -0.508 e. The fraction of sp³-hybridized carbons (Fsp3) is 0.455. The molecule has 0 aliphatic heterocycles. The molecule has 0 spiro atoms. The van der Waals surface area contributed by atoms with Gasteiger partial charge in [0.15, 0.2) is 6.10 Å². The predicted molar refractivity (Wildman–Crippen MR) is 63.8 cm³/mol. The van der Waals surface area contributed by atoms with Crippen LogP contribution in [0.25, 0.3) is 0 Å². The van der Waals surface area contributed by atoms with Crippen molar-refractivity contribution >= 4 is 12.4 Å². The van der Waals surface area contributed by atoms with Gasteiger partial charge in [-0.2, -0.15) is 13.2 Å². The molecule has 0 unspecified atom stereocenters. The molecule has 2 atom stereocenters. The van der Waals surface area contributed by atoms with Crippen LogP contribution in [-0.2, 0) is 0 Å². The van der Waals surface area contributed by atoms with Crippen molar-refractivity contribution in [3.05, 3.63) is 28.8 Å². The molecule has 0 aromatic heterocycles. The van der Waals surface area contributed by atoms with Crippen molar-refractivity contribution in [2.45, 2.75) is 32.2 Å². The van der Waals surface area contributed by atoms with Crippen LogP contribution in [0.4, 0.5) is 13.2 Å². The number of phenols is 1. The third-order valence-electron chi connectivity index (χ3n) is 2.59. The summed E-state index contributed by atoms with van der Waals surface area (Å²) in [7, 11) is 0. The number of hydrogen-bond acceptors (Lipinski definition) is 3. The Hall–Kier alpha value is -0.980. The van der Waals surface area contributed by atoms with Crippen molar-refractivity contribution in [2.75, 3.05) is 0 Å². The number of halogens is 4. The Labute approximate surface area is 109 Å². The van der Waals surface area contributed by atoms with Crippen LogP contribution in [0.5, 0.6) is 5.75 Å². The summed E-state index contributed by atoms with van der Waals surface area (Å²) in [5, 5.41) is 18.4. The van der Waals surface area contributed by atoms with Crippen molar-refractivity contribution < 1.29 is 23.4 Å². The van der Waals surface area contributed by atoms with E-state index in [1.165, 1.54) is 26.0 Å². The lowest BCUT2D eigenvalue weighted by molar-refractivity contribution is -0.210. The second-order valence-corrected chi connectivity index (χ2v) is 4.01. The van der Waals surface area contributed by atoms with Crippen LogP contribution in [0.2, 0.25) is 0 Å². The van der Waals surface area contributed by atoms with E-state index < -0.39 is 18.3 Å². The number of nitrogens with two attached hydrogens (primary N) is 1. The van der Waals surface area contributed by atoms with Gasteiger partial charge < -0.3 is 15.9 Å². The zero-order chi connectivity index (χ0) is 13.4. The highest BCUT2D eigenvalue weighted by molar-refractivity contribution is 5.85. The molecule has 0 aliphatic carbocycles.